The second-order valence-electron chi connectivity index (χ2n) is 10.9. The van der Waals surface area contributed by atoms with E-state index in [4.69, 9.17) is 10.5 Å². The van der Waals surface area contributed by atoms with E-state index >= 15 is 0 Å². The van der Waals surface area contributed by atoms with Gasteiger partial charge in [-0.1, -0.05) is 71.3 Å². The third kappa shape index (κ3) is 8.01. The normalized spacial score (nSPS) is 10.6. The molecule has 0 aliphatic rings. The third-order valence-electron chi connectivity index (χ3n) is 7.34. The van der Waals surface area contributed by atoms with E-state index in [2.05, 4.69) is 0 Å². The minimum absolute atomic E-state index is 0.169. The van der Waals surface area contributed by atoms with Crippen LogP contribution in [0.3, 0.4) is 0 Å². The Morgan fingerprint density at radius 2 is 0.930 bits per heavy atom. The summed E-state index contributed by atoms with van der Waals surface area (Å²) in [5, 5.41) is 42.5. The van der Waals surface area contributed by atoms with Crippen LogP contribution in [0, 0.1) is 20.8 Å². The lowest BCUT2D eigenvalue weighted by Crippen LogP contribution is -1.99. The van der Waals surface area contributed by atoms with Gasteiger partial charge in [0.15, 0.2) is 0 Å². The van der Waals surface area contributed by atoms with E-state index < -0.39 is 0 Å². The first-order chi connectivity index (χ1) is 20.5. The van der Waals surface area contributed by atoms with Gasteiger partial charge >= 0.3 is 0 Å². The predicted molar refractivity (Wildman–Crippen MR) is 172 cm³/mol. The molecular formula is C37H39NO5. The van der Waals surface area contributed by atoms with Crippen molar-refractivity contribution >= 4 is 5.69 Å². The number of phenols is 4. The van der Waals surface area contributed by atoms with E-state index in [1.165, 1.54) is 0 Å². The Bertz CT molecular complexity index is 1710. The number of hydrogen-bond acceptors (Lipinski definition) is 6. The molecule has 6 N–H and O–H groups in total. The van der Waals surface area contributed by atoms with Crippen LogP contribution < -0.4 is 10.5 Å². The van der Waals surface area contributed by atoms with Gasteiger partial charge in [-0.25, -0.2) is 0 Å². The van der Waals surface area contributed by atoms with Crippen LogP contribution in [0.15, 0.2) is 91.0 Å². The van der Waals surface area contributed by atoms with Gasteiger partial charge in [-0.05, 0) is 90.6 Å². The van der Waals surface area contributed by atoms with Gasteiger partial charge in [0, 0.05) is 24.9 Å². The highest BCUT2D eigenvalue weighted by Crippen LogP contribution is 2.34. The molecule has 0 saturated heterocycles. The Labute approximate surface area is 253 Å². The molecule has 43 heavy (non-hydrogen) atoms. The second kappa shape index (κ2) is 13.7. The van der Waals surface area contributed by atoms with Crippen LogP contribution >= 0.6 is 0 Å². The summed E-state index contributed by atoms with van der Waals surface area (Å²) in [5.74, 6) is 1.59. The minimum atomic E-state index is 0.169. The largest absolute Gasteiger partial charge is 0.508 e. The maximum Gasteiger partial charge on any atom is 0.122 e. The molecule has 0 radical (unpaired) electrons. The molecule has 5 rings (SSSR count). The van der Waals surface area contributed by atoms with Crippen molar-refractivity contribution in [2.24, 2.45) is 0 Å². The number of phenolic OH excluding ortho intramolecular Hbond substituents is 4. The van der Waals surface area contributed by atoms with Gasteiger partial charge in [-0.3, -0.25) is 0 Å². The van der Waals surface area contributed by atoms with Crippen LogP contribution in [-0.4, -0.2) is 27.5 Å². The second-order valence-corrected chi connectivity index (χ2v) is 10.9. The number of para-hydroxylation sites is 1. The average molecular weight is 578 g/mol. The first-order valence-corrected chi connectivity index (χ1v) is 14.1. The summed E-state index contributed by atoms with van der Waals surface area (Å²) in [6.07, 6.45) is 1.18. The molecular weight excluding hydrogens is 538 g/mol. The van der Waals surface area contributed by atoms with Gasteiger partial charge in [-0.2, -0.15) is 0 Å². The lowest BCUT2D eigenvalue weighted by molar-refractivity contribution is 0.415. The molecule has 0 fully saturated rings. The summed E-state index contributed by atoms with van der Waals surface area (Å²) in [4.78, 5) is 0. The molecule has 0 heterocycles. The summed E-state index contributed by atoms with van der Waals surface area (Å²) in [7, 11) is 1.63. The SMILES string of the molecule is COc1ccc(N)cc1.Cc1ccc(O)c(Cc2cccc(Cc3cc(C)cc(Cc4cc(C)ccc4O)c3O)c2O)c1. The Morgan fingerprint density at radius 1 is 0.512 bits per heavy atom. The van der Waals surface area contributed by atoms with E-state index in [-0.39, 0.29) is 23.0 Å². The van der Waals surface area contributed by atoms with Crippen LogP contribution in [-0.2, 0) is 19.3 Å². The summed E-state index contributed by atoms with van der Waals surface area (Å²) in [5.41, 5.74) is 13.7. The van der Waals surface area contributed by atoms with Gasteiger partial charge in [0.05, 0.1) is 7.11 Å². The molecule has 0 aromatic heterocycles. The molecule has 6 nitrogen and oxygen atoms in total. The first-order valence-electron chi connectivity index (χ1n) is 14.1. The molecule has 222 valence electrons. The minimum Gasteiger partial charge on any atom is -0.508 e. The fraction of sp³-hybridized carbons (Fsp3) is 0.189. The molecule has 0 aliphatic carbocycles. The number of nitrogens with two attached hydrogens (primary N) is 1. The monoisotopic (exact) mass is 577 g/mol. The highest BCUT2D eigenvalue weighted by Gasteiger charge is 2.16. The number of rotatable bonds is 7. The summed E-state index contributed by atoms with van der Waals surface area (Å²) in [6.45, 7) is 5.91. The van der Waals surface area contributed by atoms with Crippen molar-refractivity contribution in [1.82, 2.24) is 0 Å². The number of anilines is 1. The van der Waals surface area contributed by atoms with Gasteiger partial charge in [0.25, 0.3) is 0 Å². The zero-order chi connectivity index (χ0) is 31.1. The van der Waals surface area contributed by atoms with E-state index in [0.717, 1.165) is 50.4 Å². The predicted octanol–water partition coefficient (Wildman–Crippen LogP) is 7.48. The molecule has 5 aromatic rings. The van der Waals surface area contributed by atoms with Crippen molar-refractivity contribution < 1.29 is 25.2 Å². The van der Waals surface area contributed by atoms with E-state index in [1.54, 1.807) is 31.4 Å². The molecule has 0 amide bonds. The quantitative estimate of drug-likeness (QED) is 0.128. The van der Waals surface area contributed by atoms with Gasteiger partial charge in [0.1, 0.15) is 28.7 Å². The standard InChI is InChI=1S/C30H30O4.C7H9NO/c1-18-7-9-27(31)23(11-18)15-21-5-4-6-22(29(21)33)16-25-13-20(3)14-26(30(25)34)17-24-12-19(2)8-10-28(24)32;1-9-7-4-2-6(8)3-5-7/h4-14,31-34H,15-17H2,1-3H3;2-5H,8H2,1H3. The van der Waals surface area contributed by atoms with Gasteiger partial charge in [-0.15, -0.1) is 0 Å². The molecule has 0 spiro atoms. The van der Waals surface area contributed by atoms with Gasteiger partial charge in [0.2, 0.25) is 0 Å². The lowest BCUT2D eigenvalue weighted by Gasteiger charge is -2.15. The summed E-state index contributed by atoms with van der Waals surface area (Å²) < 4.78 is 4.91. The number of benzene rings is 5. The summed E-state index contributed by atoms with van der Waals surface area (Å²) in [6, 6.07) is 27.6. The molecule has 0 saturated carbocycles. The number of aromatic hydroxyl groups is 4. The lowest BCUT2D eigenvalue weighted by atomic mass is 9.93. The maximum atomic E-state index is 11.1. The van der Waals surface area contributed by atoms with Crippen molar-refractivity contribution in [3.8, 4) is 28.7 Å². The number of nitrogen functional groups attached to an aromatic ring is 1. The molecule has 5 aromatic carbocycles. The molecule has 0 atom stereocenters. The zero-order valence-corrected chi connectivity index (χ0v) is 25.1. The third-order valence-corrected chi connectivity index (χ3v) is 7.34. The van der Waals surface area contributed by atoms with Crippen LogP contribution in [0.4, 0.5) is 5.69 Å². The smallest absolute Gasteiger partial charge is 0.122 e. The molecule has 0 aliphatic heterocycles. The number of methoxy groups -OCH3 is 1. The fourth-order valence-electron chi connectivity index (χ4n) is 5.06. The Kier molecular flexibility index (Phi) is 9.83. The van der Waals surface area contributed by atoms with Crippen LogP contribution in [0.5, 0.6) is 28.7 Å². The van der Waals surface area contributed by atoms with Crippen LogP contribution in [0.25, 0.3) is 0 Å². The highest BCUT2D eigenvalue weighted by atomic mass is 16.5. The van der Waals surface area contributed by atoms with Crippen LogP contribution in [0.2, 0.25) is 0 Å². The van der Waals surface area contributed by atoms with Crippen molar-refractivity contribution in [1.29, 1.82) is 0 Å². The van der Waals surface area contributed by atoms with E-state index in [9.17, 15) is 20.4 Å². The highest BCUT2D eigenvalue weighted by molar-refractivity contribution is 5.53. The van der Waals surface area contributed by atoms with Crippen molar-refractivity contribution in [2.45, 2.75) is 40.0 Å². The van der Waals surface area contributed by atoms with Gasteiger partial charge < -0.3 is 30.9 Å². The topological polar surface area (TPSA) is 116 Å². The summed E-state index contributed by atoms with van der Waals surface area (Å²) >= 11 is 0. The zero-order valence-electron chi connectivity index (χ0n) is 25.1. The number of aryl methyl sites for hydroxylation is 3. The average Bonchev–Trinajstić information content (AvgIpc) is 2.98. The number of hydrogen-bond donors (Lipinski definition) is 5. The first kappa shape index (κ1) is 30.8. The molecule has 0 bridgehead atoms. The van der Waals surface area contributed by atoms with Crippen molar-refractivity contribution in [3.05, 3.63) is 141 Å². The Morgan fingerprint density at radius 3 is 1.42 bits per heavy atom. The van der Waals surface area contributed by atoms with Crippen LogP contribution in [0.1, 0.15) is 50.1 Å². The van der Waals surface area contributed by atoms with E-state index in [0.29, 0.717) is 30.4 Å². The Balaban J connectivity index is 0.000000403. The van der Waals surface area contributed by atoms with E-state index in [1.807, 2.05) is 87.5 Å². The molecule has 6 heteroatoms. The maximum absolute atomic E-state index is 11.1. The van der Waals surface area contributed by atoms with Crippen molar-refractivity contribution in [2.75, 3.05) is 12.8 Å². The van der Waals surface area contributed by atoms with Crippen molar-refractivity contribution in [3.63, 3.8) is 0 Å². The fourth-order valence-corrected chi connectivity index (χ4v) is 5.06. The Hall–Kier alpha value is -5.10. The molecule has 0 unspecified atom stereocenters. The number of ether oxygens (including phenoxy) is 1.